The molecule has 0 atom stereocenters. The molecule has 0 amide bonds. The summed E-state index contributed by atoms with van der Waals surface area (Å²) in [7, 11) is 0. The number of nitrogens with zero attached hydrogens (tertiary/aromatic N) is 3. The van der Waals surface area contributed by atoms with E-state index in [-0.39, 0.29) is 0 Å². The summed E-state index contributed by atoms with van der Waals surface area (Å²) >= 11 is 0. The third kappa shape index (κ3) is 3.03. The topological polar surface area (TPSA) is 35.9 Å². The number of aromatic nitrogens is 3. The van der Waals surface area contributed by atoms with Gasteiger partial charge >= 0.3 is 0 Å². The fourth-order valence-electron chi connectivity index (χ4n) is 6.36. The Labute approximate surface area is 225 Å². The smallest absolute Gasteiger partial charge is 0.227 e. The SMILES string of the molecule is C=Cc1c2c(n(-c3ccc4c(c3)c3ccccc3n4-c3ccc4oc5ncccc5c4c3)c1C=C)C=CCC2. The summed E-state index contributed by atoms with van der Waals surface area (Å²) < 4.78 is 10.7. The van der Waals surface area contributed by atoms with Crippen molar-refractivity contribution < 1.29 is 4.42 Å². The van der Waals surface area contributed by atoms with Crippen molar-refractivity contribution in [2.24, 2.45) is 0 Å². The van der Waals surface area contributed by atoms with E-state index < -0.39 is 0 Å². The Bertz CT molecular complexity index is 2170. The third-order valence-electron chi connectivity index (χ3n) is 8.03. The minimum absolute atomic E-state index is 0.664. The second kappa shape index (κ2) is 8.20. The highest BCUT2D eigenvalue weighted by molar-refractivity contribution is 6.11. The quantitative estimate of drug-likeness (QED) is 0.240. The van der Waals surface area contributed by atoms with Crippen LogP contribution in [0.25, 0.3) is 73.5 Å². The van der Waals surface area contributed by atoms with Gasteiger partial charge in [-0.2, -0.15) is 0 Å². The number of allylic oxidation sites excluding steroid dienone is 1. The molecule has 0 aliphatic heterocycles. The summed E-state index contributed by atoms with van der Waals surface area (Å²) in [6, 6.07) is 25.8. The van der Waals surface area contributed by atoms with Crippen LogP contribution >= 0.6 is 0 Å². The zero-order valence-corrected chi connectivity index (χ0v) is 21.4. The molecular weight excluding hydrogens is 478 g/mol. The molecule has 1 aliphatic rings. The van der Waals surface area contributed by atoms with Gasteiger partial charge in [-0.3, -0.25) is 0 Å². The molecule has 39 heavy (non-hydrogen) atoms. The normalized spacial score (nSPS) is 13.0. The zero-order valence-electron chi connectivity index (χ0n) is 21.4. The predicted octanol–water partition coefficient (Wildman–Crippen LogP) is 9.11. The van der Waals surface area contributed by atoms with Crippen LogP contribution < -0.4 is 0 Å². The Hall–Kier alpha value is -5.09. The maximum Gasteiger partial charge on any atom is 0.227 e. The molecule has 0 radical (unpaired) electrons. The van der Waals surface area contributed by atoms with Crippen molar-refractivity contribution >= 4 is 62.1 Å². The van der Waals surface area contributed by atoms with Crippen LogP contribution in [0.15, 0.2) is 103 Å². The van der Waals surface area contributed by atoms with E-state index in [1.807, 2.05) is 24.3 Å². The Kier molecular flexibility index (Phi) is 4.62. The van der Waals surface area contributed by atoms with Crippen LogP contribution in [0.1, 0.15) is 28.9 Å². The van der Waals surface area contributed by atoms with Crippen molar-refractivity contribution in [1.29, 1.82) is 0 Å². The standard InChI is InChI=1S/C35H25N3O/c1-3-24-25-10-5-7-13-31(25)37(30(24)4-2)22-15-17-33-28(20-22)26-11-6-8-14-32(26)38(33)23-16-18-34-29(21-23)27-12-9-19-36-35(27)39-34/h3-4,6-9,11-21H,1-2,5,10H2. The van der Waals surface area contributed by atoms with Gasteiger partial charge in [0.25, 0.3) is 0 Å². The minimum atomic E-state index is 0.664. The Balaban J connectivity index is 1.40. The highest BCUT2D eigenvalue weighted by Gasteiger charge is 2.22. The van der Waals surface area contributed by atoms with Gasteiger partial charge in [-0.15, -0.1) is 0 Å². The molecule has 4 aromatic heterocycles. The van der Waals surface area contributed by atoms with Crippen LogP contribution in [0, 0.1) is 0 Å². The largest absolute Gasteiger partial charge is 0.438 e. The fourth-order valence-corrected chi connectivity index (χ4v) is 6.36. The van der Waals surface area contributed by atoms with E-state index in [1.165, 1.54) is 33.1 Å². The molecule has 0 saturated heterocycles. The monoisotopic (exact) mass is 503 g/mol. The molecule has 4 heteroatoms. The average molecular weight is 504 g/mol. The number of benzene rings is 3. The van der Waals surface area contributed by atoms with E-state index in [2.05, 4.69) is 100 Å². The lowest BCUT2D eigenvalue weighted by Crippen LogP contribution is -2.02. The molecule has 0 unspecified atom stereocenters. The Morgan fingerprint density at radius 2 is 1.56 bits per heavy atom. The summed E-state index contributed by atoms with van der Waals surface area (Å²) in [5.74, 6) is 0. The summed E-state index contributed by atoms with van der Waals surface area (Å²) in [6.07, 6.45) is 12.3. The van der Waals surface area contributed by atoms with Gasteiger partial charge in [0, 0.05) is 50.4 Å². The molecule has 0 saturated carbocycles. The Morgan fingerprint density at radius 1 is 0.769 bits per heavy atom. The van der Waals surface area contributed by atoms with E-state index in [9.17, 15) is 0 Å². The summed E-state index contributed by atoms with van der Waals surface area (Å²) in [5, 5.41) is 4.52. The molecule has 0 N–H and O–H groups in total. The van der Waals surface area contributed by atoms with Crippen molar-refractivity contribution in [1.82, 2.24) is 14.1 Å². The summed E-state index contributed by atoms with van der Waals surface area (Å²) in [6.45, 7) is 8.28. The van der Waals surface area contributed by atoms with Crippen molar-refractivity contribution in [3.63, 3.8) is 0 Å². The summed E-state index contributed by atoms with van der Waals surface area (Å²) in [5.41, 5.74) is 10.9. The Morgan fingerprint density at radius 3 is 2.46 bits per heavy atom. The number of hydrogen-bond donors (Lipinski definition) is 0. The molecule has 4 nitrogen and oxygen atoms in total. The van der Waals surface area contributed by atoms with Crippen molar-refractivity contribution in [2.45, 2.75) is 12.8 Å². The lowest BCUT2D eigenvalue weighted by Gasteiger charge is -2.14. The molecule has 4 heterocycles. The number of furan rings is 1. The van der Waals surface area contributed by atoms with Crippen molar-refractivity contribution in [2.75, 3.05) is 0 Å². The van der Waals surface area contributed by atoms with Crippen LogP contribution in [-0.4, -0.2) is 14.1 Å². The molecular formula is C35H25N3O. The first-order chi connectivity index (χ1) is 19.3. The van der Waals surface area contributed by atoms with Crippen LogP contribution in [0.3, 0.4) is 0 Å². The van der Waals surface area contributed by atoms with Gasteiger partial charge in [0.1, 0.15) is 5.58 Å². The molecule has 3 aromatic carbocycles. The van der Waals surface area contributed by atoms with E-state index in [0.717, 1.165) is 51.8 Å². The highest BCUT2D eigenvalue weighted by Crippen LogP contribution is 2.38. The first-order valence-electron chi connectivity index (χ1n) is 13.3. The number of pyridine rings is 1. The van der Waals surface area contributed by atoms with E-state index >= 15 is 0 Å². The molecule has 0 bridgehead atoms. The second-order valence-electron chi connectivity index (χ2n) is 10.0. The molecule has 1 aliphatic carbocycles. The second-order valence-corrected chi connectivity index (χ2v) is 10.0. The van der Waals surface area contributed by atoms with Gasteiger partial charge in [-0.25, -0.2) is 4.98 Å². The maximum absolute atomic E-state index is 6.00. The van der Waals surface area contributed by atoms with E-state index in [4.69, 9.17) is 4.42 Å². The first-order valence-corrected chi connectivity index (χ1v) is 13.3. The molecule has 0 fully saturated rings. The van der Waals surface area contributed by atoms with Gasteiger partial charge in [-0.05, 0) is 85.2 Å². The minimum Gasteiger partial charge on any atom is -0.438 e. The maximum atomic E-state index is 6.00. The lowest BCUT2D eigenvalue weighted by molar-refractivity contribution is 0.654. The van der Waals surface area contributed by atoms with Crippen molar-refractivity contribution in [3.8, 4) is 11.4 Å². The van der Waals surface area contributed by atoms with Crippen LogP contribution in [0.2, 0.25) is 0 Å². The van der Waals surface area contributed by atoms with Gasteiger partial charge < -0.3 is 13.6 Å². The van der Waals surface area contributed by atoms with Gasteiger partial charge in [0.05, 0.1) is 16.7 Å². The van der Waals surface area contributed by atoms with Crippen LogP contribution in [-0.2, 0) is 6.42 Å². The predicted molar refractivity (Wildman–Crippen MR) is 163 cm³/mol. The third-order valence-corrected chi connectivity index (χ3v) is 8.03. The van der Waals surface area contributed by atoms with Crippen LogP contribution in [0.5, 0.6) is 0 Å². The van der Waals surface area contributed by atoms with Gasteiger partial charge in [0.15, 0.2) is 0 Å². The molecule has 8 rings (SSSR count). The van der Waals surface area contributed by atoms with E-state index in [0.29, 0.717) is 5.71 Å². The first kappa shape index (κ1) is 21.9. The summed E-state index contributed by atoms with van der Waals surface area (Å²) in [4.78, 5) is 4.41. The average Bonchev–Trinajstić information content (AvgIpc) is 3.63. The molecule has 0 spiro atoms. The fraction of sp³-hybridized carbons (Fsp3) is 0.0571. The van der Waals surface area contributed by atoms with Crippen LogP contribution in [0.4, 0.5) is 0 Å². The highest BCUT2D eigenvalue weighted by atomic mass is 16.3. The lowest BCUT2D eigenvalue weighted by atomic mass is 9.99. The van der Waals surface area contributed by atoms with Crippen molar-refractivity contribution in [3.05, 3.63) is 121 Å². The number of rotatable bonds is 4. The zero-order chi connectivity index (χ0) is 26.1. The number of fused-ring (bicyclic) bond motifs is 7. The van der Waals surface area contributed by atoms with E-state index in [1.54, 1.807) is 6.20 Å². The van der Waals surface area contributed by atoms with Gasteiger partial charge in [0.2, 0.25) is 5.71 Å². The number of hydrogen-bond acceptors (Lipinski definition) is 2. The van der Waals surface area contributed by atoms with Gasteiger partial charge in [-0.1, -0.05) is 43.5 Å². The molecule has 7 aromatic rings. The number of para-hydroxylation sites is 1. The molecule has 186 valence electrons.